The second-order valence-electron chi connectivity index (χ2n) is 7.74. The van der Waals surface area contributed by atoms with Gasteiger partial charge in [0.25, 0.3) is 0 Å². The van der Waals surface area contributed by atoms with Gasteiger partial charge in [-0.05, 0) is 49.4 Å². The Bertz CT molecular complexity index is 1110. The van der Waals surface area contributed by atoms with Crippen LogP contribution in [-0.4, -0.2) is 20.0 Å². The van der Waals surface area contributed by atoms with E-state index in [1.807, 2.05) is 35.1 Å². The van der Waals surface area contributed by atoms with E-state index in [1.165, 1.54) is 37.7 Å². The summed E-state index contributed by atoms with van der Waals surface area (Å²) in [6.07, 6.45) is 8.50. The molecule has 0 bridgehead atoms. The van der Waals surface area contributed by atoms with Crippen LogP contribution in [0.4, 0.5) is 0 Å². The first-order chi connectivity index (χ1) is 13.8. The molecule has 0 spiro atoms. The fraction of sp³-hybridized carbons (Fsp3) is 0.292. The topological polar surface area (TPSA) is 43.6 Å². The van der Waals surface area contributed by atoms with Crippen molar-refractivity contribution < 1.29 is 0 Å². The van der Waals surface area contributed by atoms with Crippen molar-refractivity contribution in [3.8, 4) is 16.9 Å². The third-order valence-electron chi connectivity index (χ3n) is 5.99. The van der Waals surface area contributed by atoms with Crippen molar-refractivity contribution in [1.29, 1.82) is 0 Å². The molecule has 2 aromatic heterocycles. The van der Waals surface area contributed by atoms with E-state index in [1.54, 1.807) is 0 Å². The third-order valence-corrected chi connectivity index (χ3v) is 5.99. The monoisotopic (exact) mass is 368 g/mol. The summed E-state index contributed by atoms with van der Waals surface area (Å²) >= 11 is 0. The fourth-order valence-electron chi connectivity index (χ4n) is 4.44. The molecule has 4 aromatic rings. The number of pyridine rings is 1. The summed E-state index contributed by atoms with van der Waals surface area (Å²) in [5.41, 5.74) is 6.55. The molecule has 4 nitrogen and oxygen atoms in total. The Morgan fingerprint density at radius 3 is 2.57 bits per heavy atom. The van der Waals surface area contributed by atoms with Gasteiger partial charge in [0, 0.05) is 17.1 Å². The standard InChI is InChI=1S/C24H24N4/c1-17-24(19-10-6-3-7-11-19)26-27-28(17)23-14-15-25-22-13-12-20(16-21(22)23)18-8-4-2-5-9-18/h3,6-7,10-16,18H,2,4-5,8-9H2,1H3. The van der Waals surface area contributed by atoms with Gasteiger partial charge in [-0.3, -0.25) is 4.98 Å². The fourth-order valence-corrected chi connectivity index (χ4v) is 4.44. The van der Waals surface area contributed by atoms with Crippen molar-refractivity contribution in [3.63, 3.8) is 0 Å². The maximum Gasteiger partial charge on any atom is 0.116 e. The second kappa shape index (κ2) is 7.19. The molecule has 0 N–H and O–H groups in total. The van der Waals surface area contributed by atoms with E-state index >= 15 is 0 Å². The number of hydrogen-bond acceptors (Lipinski definition) is 3. The zero-order chi connectivity index (χ0) is 18.9. The number of rotatable bonds is 3. The minimum atomic E-state index is 0.669. The lowest BCUT2D eigenvalue weighted by atomic mass is 9.83. The van der Waals surface area contributed by atoms with Crippen LogP contribution in [0.15, 0.2) is 60.8 Å². The maximum absolute atomic E-state index is 4.59. The molecule has 0 amide bonds. The Morgan fingerprint density at radius 1 is 0.929 bits per heavy atom. The normalized spacial score (nSPS) is 15.2. The van der Waals surface area contributed by atoms with Gasteiger partial charge in [0.2, 0.25) is 0 Å². The van der Waals surface area contributed by atoms with Gasteiger partial charge in [-0.15, -0.1) is 5.10 Å². The lowest BCUT2D eigenvalue weighted by molar-refractivity contribution is 0.444. The van der Waals surface area contributed by atoms with E-state index in [0.717, 1.165) is 33.5 Å². The van der Waals surface area contributed by atoms with Crippen LogP contribution < -0.4 is 0 Å². The molecule has 28 heavy (non-hydrogen) atoms. The molecule has 1 fully saturated rings. The number of fused-ring (bicyclic) bond motifs is 1. The number of nitrogens with zero attached hydrogens (tertiary/aromatic N) is 4. The Morgan fingerprint density at radius 2 is 1.75 bits per heavy atom. The molecule has 0 unspecified atom stereocenters. The largest absolute Gasteiger partial charge is 0.256 e. The quantitative estimate of drug-likeness (QED) is 0.456. The van der Waals surface area contributed by atoms with Crippen LogP contribution in [0.5, 0.6) is 0 Å². The van der Waals surface area contributed by atoms with Crippen LogP contribution in [-0.2, 0) is 0 Å². The molecule has 0 atom stereocenters. The van der Waals surface area contributed by atoms with Gasteiger partial charge in [-0.25, -0.2) is 4.68 Å². The van der Waals surface area contributed by atoms with Crippen LogP contribution in [0.25, 0.3) is 27.8 Å². The predicted molar refractivity (Wildman–Crippen MR) is 113 cm³/mol. The van der Waals surface area contributed by atoms with Gasteiger partial charge in [0.05, 0.1) is 16.9 Å². The van der Waals surface area contributed by atoms with E-state index in [-0.39, 0.29) is 0 Å². The third kappa shape index (κ3) is 2.99. The second-order valence-corrected chi connectivity index (χ2v) is 7.74. The summed E-state index contributed by atoms with van der Waals surface area (Å²) in [6, 6.07) is 19.0. The van der Waals surface area contributed by atoms with Crippen molar-refractivity contribution in [2.45, 2.75) is 44.9 Å². The molecule has 5 rings (SSSR count). The molecule has 1 aliphatic carbocycles. The minimum absolute atomic E-state index is 0.669. The smallest absolute Gasteiger partial charge is 0.116 e. The Labute approximate surface area is 165 Å². The lowest BCUT2D eigenvalue weighted by Gasteiger charge is -2.22. The number of benzene rings is 2. The summed E-state index contributed by atoms with van der Waals surface area (Å²) in [5.74, 6) is 0.669. The first-order valence-electron chi connectivity index (χ1n) is 10.2. The molecule has 1 aliphatic rings. The number of hydrogen-bond donors (Lipinski definition) is 0. The molecule has 140 valence electrons. The molecule has 2 aromatic carbocycles. The van der Waals surface area contributed by atoms with Crippen LogP contribution in [0.3, 0.4) is 0 Å². The molecule has 0 radical (unpaired) electrons. The van der Waals surface area contributed by atoms with Crippen molar-refractivity contribution >= 4 is 10.9 Å². The van der Waals surface area contributed by atoms with Crippen LogP contribution in [0, 0.1) is 6.92 Å². The molecule has 1 saturated carbocycles. The first kappa shape index (κ1) is 17.1. The summed E-state index contributed by atoms with van der Waals surface area (Å²) in [7, 11) is 0. The average Bonchev–Trinajstić information content (AvgIpc) is 3.15. The van der Waals surface area contributed by atoms with E-state index in [2.05, 4.69) is 52.6 Å². The van der Waals surface area contributed by atoms with Crippen molar-refractivity contribution in [1.82, 2.24) is 20.0 Å². The summed E-state index contributed by atoms with van der Waals surface area (Å²) in [5, 5.41) is 10.1. The number of aromatic nitrogens is 4. The van der Waals surface area contributed by atoms with Crippen molar-refractivity contribution in [2.24, 2.45) is 0 Å². The highest BCUT2D eigenvalue weighted by molar-refractivity contribution is 5.87. The molecule has 0 aliphatic heterocycles. The summed E-state index contributed by atoms with van der Waals surface area (Å²) in [4.78, 5) is 4.59. The predicted octanol–water partition coefficient (Wildman–Crippen LogP) is 5.84. The SMILES string of the molecule is Cc1c(-c2ccccc2)nnn1-c1ccnc2ccc(C3CCCCC3)cc12. The Hall–Kier alpha value is -3.01. The molecule has 2 heterocycles. The minimum Gasteiger partial charge on any atom is -0.256 e. The van der Waals surface area contributed by atoms with Crippen LogP contribution in [0.1, 0.15) is 49.3 Å². The molecule has 0 saturated heterocycles. The lowest BCUT2D eigenvalue weighted by Crippen LogP contribution is -2.05. The van der Waals surface area contributed by atoms with Crippen molar-refractivity contribution in [2.75, 3.05) is 0 Å². The zero-order valence-electron chi connectivity index (χ0n) is 16.2. The van der Waals surface area contributed by atoms with Gasteiger partial charge in [0.15, 0.2) is 0 Å². The van der Waals surface area contributed by atoms with Gasteiger partial charge < -0.3 is 0 Å². The highest BCUT2D eigenvalue weighted by Crippen LogP contribution is 2.35. The van der Waals surface area contributed by atoms with Crippen LogP contribution in [0.2, 0.25) is 0 Å². The van der Waals surface area contributed by atoms with E-state index in [4.69, 9.17) is 0 Å². The van der Waals surface area contributed by atoms with E-state index in [9.17, 15) is 0 Å². The summed E-state index contributed by atoms with van der Waals surface area (Å²) in [6.45, 7) is 2.08. The highest BCUT2D eigenvalue weighted by Gasteiger charge is 2.18. The van der Waals surface area contributed by atoms with Gasteiger partial charge in [-0.1, -0.05) is 60.9 Å². The Kier molecular flexibility index (Phi) is 4.40. The summed E-state index contributed by atoms with van der Waals surface area (Å²) < 4.78 is 1.96. The van der Waals surface area contributed by atoms with Gasteiger partial charge in [-0.2, -0.15) is 0 Å². The Balaban J connectivity index is 1.62. The van der Waals surface area contributed by atoms with Crippen molar-refractivity contribution in [3.05, 3.63) is 72.1 Å². The molecular weight excluding hydrogens is 344 g/mol. The average molecular weight is 368 g/mol. The first-order valence-corrected chi connectivity index (χ1v) is 10.2. The molecular formula is C24H24N4. The zero-order valence-corrected chi connectivity index (χ0v) is 16.2. The van der Waals surface area contributed by atoms with Gasteiger partial charge in [0.1, 0.15) is 5.69 Å². The van der Waals surface area contributed by atoms with Gasteiger partial charge >= 0.3 is 0 Å². The van der Waals surface area contributed by atoms with Crippen LogP contribution >= 0.6 is 0 Å². The highest BCUT2D eigenvalue weighted by atomic mass is 15.4. The van der Waals surface area contributed by atoms with E-state index < -0.39 is 0 Å². The molecule has 4 heteroatoms. The maximum atomic E-state index is 4.59. The van der Waals surface area contributed by atoms with E-state index in [0.29, 0.717) is 5.92 Å².